The molecule has 4 aromatic rings. The molecule has 1 aliphatic heterocycles. The van der Waals surface area contributed by atoms with Crippen molar-refractivity contribution in [2.75, 3.05) is 6.54 Å². The number of hydrogen-bond acceptors (Lipinski definition) is 4. The first-order valence-corrected chi connectivity index (χ1v) is 10.8. The number of aromatic amines is 1. The van der Waals surface area contributed by atoms with Crippen molar-refractivity contribution < 1.29 is 13.2 Å². The van der Waals surface area contributed by atoms with E-state index in [1.807, 2.05) is 18.2 Å². The number of aromatic nitrogens is 4. The number of nitrogens with zero attached hydrogens (tertiary/aromatic N) is 4. The first kappa shape index (κ1) is 21.4. The molecule has 6 nitrogen and oxygen atoms in total. The number of hydrogen-bond donors (Lipinski definition) is 1. The molecule has 1 aliphatic rings. The molecule has 5 rings (SSSR count). The van der Waals surface area contributed by atoms with Gasteiger partial charge in [0.1, 0.15) is 11.6 Å². The lowest BCUT2D eigenvalue weighted by molar-refractivity contribution is -0.137. The number of benzene rings is 2. The van der Waals surface area contributed by atoms with Crippen molar-refractivity contribution in [2.24, 2.45) is 0 Å². The van der Waals surface area contributed by atoms with Crippen molar-refractivity contribution in [1.82, 2.24) is 24.4 Å². The van der Waals surface area contributed by atoms with Crippen molar-refractivity contribution in [3.05, 3.63) is 81.5 Å². The predicted molar refractivity (Wildman–Crippen MR) is 119 cm³/mol. The largest absolute Gasteiger partial charge is 0.416 e. The number of nitrogens with one attached hydrogen (secondary N) is 1. The summed E-state index contributed by atoms with van der Waals surface area (Å²) in [4.78, 5) is 27.1. The molecule has 2 aromatic heterocycles. The zero-order valence-electron chi connectivity index (χ0n) is 18.0. The van der Waals surface area contributed by atoms with Crippen LogP contribution in [0.1, 0.15) is 29.6 Å². The fraction of sp³-hybridized carbons (Fsp3) is 0.292. The van der Waals surface area contributed by atoms with Crippen LogP contribution < -0.4 is 5.56 Å². The first-order chi connectivity index (χ1) is 15.8. The van der Waals surface area contributed by atoms with Crippen molar-refractivity contribution >= 4 is 11.0 Å². The molecule has 9 heteroatoms. The minimum Gasteiger partial charge on any atom is -0.327 e. The zero-order valence-corrected chi connectivity index (χ0v) is 18.0. The van der Waals surface area contributed by atoms with Gasteiger partial charge in [-0.05, 0) is 31.2 Å². The number of imidazole rings is 1. The molecule has 170 valence electrons. The van der Waals surface area contributed by atoms with Gasteiger partial charge < -0.3 is 9.55 Å². The van der Waals surface area contributed by atoms with Crippen LogP contribution in [0.2, 0.25) is 0 Å². The molecule has 2 aromatic carbocycles. The number of H-pyrrole nitrogens is 1. The maximum Gasteiger partial charge on any atom is 0.416 e. The Kier molecular flexibility index (Phi) is 5.28. The lowest BCUT2D eigenvalue weighted by atomic mass is 10.1. The van der Waals surface area contributed by atoms with Gasteiger partial charge in [-0.25, -0.2) is 9.97 Å². The summed E-state index contributed by atoms with van der Waals surface area (Å²) < 4.78 is 40.7. The van der Waals surface area contributed by atoms with E-state index in [-0.39, 0.29) is 11.4 Å². The van der Waals surface area contributed by atoms with Crippen molar-refractivity contribution in [3.8, 4) is 11.4 Å². The van der Waals surface area contributed by atoms with Gasteiger partial charge in [-0.1, -0.05) is 24.3 Å². The third kappa shape index (κ3) is 4.04. The maximum atomic E-state index is 12.8. The van der Waals surface area contributed by atoms with Crippen LogP contribution in [0.3, 0.4) is 0 Å². The number of fused-ring (bicyclic) bond motifs is 2. The lowest BCUT2D eigenvalue weighted by Gasteiger charge is -2.27. The SMILES string of the molecule is CCn1c(CN2CCc3nc(-c4ccc(C(F)(F)F)cc4)[nH]c(=O)c3C2)nc2ccccc21. The van der Waals surface area contributed by atoms with E-state index < -0.39 is 11.7 Å². The summed E-state index contributed by atoms with van der Waals surface area (Å²) in [5, 5.41) is 0. The van der Waals surface area contributed by atoms with E-state index in [0.717, 1.165) is 35.5 Å². The Morgan fingerprint density at radius 1 is 1.06 bits per heavy atom. The molecular weight excluding hydrogens is 431 g/mol. The van der Waals surface area contributed by atoms with Gasteiger partial charge in [0, 0.05) is 31.6 Å². The van der Waals surface area contributed by atoms with Crippen LogP contribution in [-0.2, 0) is 32.2 Å². The Morgan fingerprint density at radius 3 is 2.55 bits per heavy atom. The monoisotopic (exact) mass is 453 g/mol. The first-order valence-electron chi connectivity index (χ1n) is 10.8. The van der Waals surface area contributed by atoms with Gasteiger partial charge in [-0.15, -0.1) is 0 Å². The quantitative estimate of drug-likeness (QED) is 0.498. The highest BCUT2D eigenvalue weighted by atomic mass is 19.4. The molecule has 0 spiro atoms. The van der Waals surface area contributed by atoms with Gasteiger partial charge in [0.25, 0.3) is 5.56 Å². The molecule has 0 amide bonds. The van der Waals surface area contributed by atoms with Crippen molar-refractivity contribution in [1.29, 1.82) is 0 Å². The highest BCUT2D eigenvalue weighted by Gasteiger charge is 2.30. The van der Waals surface area contributed by atoms with Gasteiger partial charge in [-0.2, -0.15) is 13.2 Å². The van der Waals surface area contributed by atoms with Gasteiger partial charge in [-0.3, -0.25) is 9.69 Å². The van der Waals surface area contributed by atoms with E-state index in [2.05, 4.69) is 32.4 Å². The molecule has 0 unspecified atom stereocenters. The van der Waals surface area contributed by atoms with Crippen LogP contribution in [0.15, 0.2) is 53.3 Å². The molecule has 0 bridgehead atoms. The van der Waals surface area contributed by atoms with E-state index in [1.54, 1.807) is 0 Å². The second-order valence-electron chi connectivity index (χ2n) is 8.14. The summed E-state index contributed by atoms with van der Waals surface area (Å²) in [6.07, 6.45) is -3.82. The normalized spacial score (nSPS) is 14.5. The topological polar surface area (TPSA) is 66.8 Å². The van der Waals surface area contributed by atoms with Gasteiger partial charge >= 0.3 is 6.18 Å². The van der Waals surface area contributed by atoms with E-state index in [9.17, 15) is 18.0 Å². The summed E-state index contributed by atoms with van der Waals surface area (Å²) in [7, 11) is 0. The predicted octanol–water partition coefficient (Wildman–Crippen LogP) is 4.38. The number of aryl methyl sites for hydroxylation is 1. The van der Waals surface area contributed by atoms with Crippen LogP contribution in [0, 0.1) is 0 Å². The average Bonchev–Trinajstić information content (AvgIpc) is 3.15. The highest BCUT2D eigenvalue weighted by molar-refractivity contribution is 5.75. The molecule has 3 heterocycles. The Labute approximate surface area is 187 Å². The molecular formula is C24H22F3N5O. The Balaban J connectivity index is 1.39. The summed E-state index contributed by atoms with van der Waals surface area (Å²) >= 11 is 0. The number of halogens is 3. The Bertz CT molecular complexity index is 1370. The fourth-order valence-electron chi connectivity index (χ4n) is 4.37. The van der Waals surface area contributed by atoms with E-state index in [0.29, 0.717) is 42.9 Å². The minimum atomic E-state index is -4.41. The summed E-state index contributed by atoms with van der Waals surface area (Å²) in [6, 6.07) is 12.7. The molecule has 0 atom stereocenters. The fourth-order valence-corrected chi connectivity index (χ4v) is 4.37. The van der Waals surface area contributed by atoms with Crippen LogP contribution in [0.4, 0.5) is 13.2 Å². The van der Waals surface area contributed by atoms with Gasteiger partial charge in [0.2, 0.25) is 0 Å². The van der Waals surface area contributed by atoms with Gasteiger partial charge in [0.15, 0.2) is 0 Å². The van der Waals surface area contributed by atoms with E-state index >= 15 is 0 Å². The third-order valence-corrected chi connectivity index (χ3v) is 6.05. The third-order valence-electron chi connectivity index (χ3n) is 6.05. The standard InChI is InChI=1S/C24H22F3N5O/c1-2-32-20-6-4-3-5-19(20)28-21(32)14-31-12-11-18-17(13-31)23(33)30-22(29-18)15-7-9-16(10-8-15)24(25,26)27/h3-10H,2,11-14H2,1H3,(H,29,30,33). The lowest BCUT2D eigenvalue weighted by Crippen LogP contribution is -2.36. The second-order valence-corrected chi connectivity index (χ2v) is 8.14. The molecule has 0 saturated heterocycles. The van der Waals surface area contributed by atoms with Crippen LogP contribution in [0.25, 0.3) is 22.4 Å². The molecule has 1 N–H and O–H groups in total. The van der Waals surface area contributed by atoms with Crippen LogP contribution in [0.5, 0.6) is 0 Å². The smallest absolute Gasteiger partial charge is 0.327 e. The maximum absolute atomic E-state index is 12.8. The number of alkyl halides is 3. The zero-order chi connectivity index (χ0) is 23.2. The Morgan fingerprint density at radius 2 is 1.82 bits per heavy atom. The molecule has 0 saturated carbocycles. The van der Waals surface area contributed by atoms with Crippen molar-refractivity contribution in [2.45, 2.75) is 39.2 Å². The van der Waals surface area contributed by atoms with E-state index in [4.69, 9.17) is 4.98 Å². The molecule has 0 fully saturated rings. The second kappa shape index (κ2) is 8.15. The summed E-state index contributed by atoms with van der Waals surface area (Å²) in [5.41, 5.74) is 2.77. The highest BCUT2D eigenvalue weighted by Crippen LogP contribution is 2.30. The number of rotatable bonds is 4. The van der Waals surface area contributed by atoms with Crippen LogP contribution in [-0.4, -0.2) is 31.0 Å². The van der Waals surface area contributed by atoms with Crippen molar-refractivity contribution in [3.63, 3.8) is 0 Å². The molecule has 0 radical (unpaired) electrons. The number of para-hydroxylation sites is 2. The average molecular weight is 453 g/mol. The van der Waals surface area contributed by atoms with Crippen LogP contribution >= 0.6 is 0 Å². The summed E-state index contributed by atoms with van der Waals surface area (Å²) in [6.45, 7) is 4.65. The van der Waals surface area contributed by atoms with Gasteiger partial charge in [0.05, 0.1) is 34.4 Å². The van der Waals surface area contributed by atoms with E-state index in [1.165, 1.54) is 12.1 Å². The Hall–Kier alpha value is -3.46. The molecule has 0 aliphatic carbocycles. The minimum absolute atomic E-state index is 0.261. The summed E-state index contributed by atoms with van der Waals surface area (Å²) in [5.74, 6) is 1.24. The molecule has 33 heavy (non-hydrogen) atoms.